The van der Waals surface area contributed by atoms with Crippen molar-refractivity contribution >= 4 is 17.7 Å². The van der Waals surface area contributed by atoms with Gasteiger partial charge in [0.25, 0.3) is 0 Å². The van der Waals surface area contributed by atoms with Gasteiger partial charge in [0.15, 0.2) is 0 Å². The molecule has 1 aromatic carbocycles. The van der Waals surface area contributed by atoms with Gasteiger partial charge >= 0.3 is 0 Å². The van der Waals surface area contributed by atoms with Crippen LogP contribution >= 0.6 is 0 Å². The van der Waals surface area contributed by atoms with Crippen LogP contribution in [0.4, 0.5) is 0 Å². The molecule has 0 radical (unpaired) electrons. The highest BCUT2D eigenvalue weighted by molar-refractivity contribution is 5.86. The molecule has 2 aliphatic heterocycles. The summed E-state index contributed by atoms with van der Waals surface area (Å²) < 4.78 is 0. The van der Waals surface area contributed by atoms with Gasteiger partial charge in [-0.05, 0) is 56.1 Å². The van der Waals surface area contributed by atoms with Crippen LogP contribution in [-0.4, -0.2) is 53.2 Å². The van der Waals surface area contributed by atoms with Gasteiger partial charge in [0.05, 0.1) is 5.92 Å². The number of fused-ring (bicyclic) bond motifs is 2. The molecule has 35 heavy (non-hydrogen) atoms. The maximum absolute atomic E-state index is 13.8. The van der Waals surface area contributed by atoms with Gasteiger partial charge in [-0.25, -0.2) is 0 Å². The van der Waals surface area contributed by atoms with Gasteiger partial charge in [0, 0.05) is 44.1 Å². The Kier molecular flexibility index (Phi) is 7.74. The molecule has 1 N–H and O–H groups in total. The molecule has 0 bridgehead atoms. The summed E-state index contributed by atoms with van der Waals surface area (Å²) in [7, 11) is 0. The number of carbonyl (C=O) groups is 3. The van der Waals surface area contributed by atoms with Crippen molar-refractivity contribution in [3.05, 3.63) is 35.4 Å². The van der Waals surface area contributed by atoms with Crippen molar-refractivity contribution in [2.75, 3.05) is 19.6 Å². The molecule has 0 spiro atoms. The van der Waals surface area contributed by atoms with E-state index in [1.807, 2.05) is 11.0 Å². The van der Waals surface area contributed by atoms with Crippen molar-refractivity contribution in [1.82, 2.24) is 15.1 Å². The number of amides is 3. The molecule has 0 aromatic heterocycles. The Balaban J connectivity index is 1.35. The summed E-state index contributed by atoms with van der Waals surface area (Å²) in [6.07, 6.45) is 11.6. The molecule has 4 aliphatic rings. The maximum Gasteiger partial charge on any atom is 0.226 e. The molecule has 6 heteroatoms. The second-order valence-electron chi connectivity index (χ2n) is 11.2. The highest BCUT2D eigenvalue weighted by Gasteiger charge is 2.47. The third kappa shape index (κ3) is 5.41. The van der Waals surface area contributed by atoms with E-state index in [0.717, 1.165) is 70.9 Å². The first kappa shape index (κ1) is 24.3. The van der Waals surface area contributed by atoms with E-state index in [1.54, 1.807) is 0 Å². The monoisotopic (exact) mass is 479 g/mol. The van der Waals surface area contributed by atoms with Crippen LogP contribution in [0.1, 0.15) is 81.8 Å². The number of nitrogens with zero attached hydrogens (tertiary/aromatic N) is 2. The zero-order valence-electron chi connectivity index (χ0n) is 21.1. The van der Waals surface area contributed by atoms with Crippen LogP contribution in [0.25, 0.3) is 0 Å². The molecule has 1 aromatic rings. The molecule has 190 valence electrons. The molecular weight excluding hydrogens is 438 g/mol. The van der Waals surface area contributed by atoms with Crippen LogP contribution in [0.2, 0.25) is 0 Å². The lowest BCUT2D eigenvalue weighted by Crippen LogP contribution is -2.49. The minimum absolute atomic E-state index is 0.0395. The number of nitrogens with one attached hydrogen (secondary N) is 1. The molecule has 5 rings (SSSR count). The average Bonchev–Trinajstić information content (AvgIpc) is 3.33. The fourth-order valence-electron chi connectivity index (χ4n) is 6.91. The first-order valence-corrected chi connectivity index (χ1v) is 14.1. The molecule has 2 heterocycles. The van der Waals surface area contributed by atoms with Crippen LogP contribution in [0.5, 0.6) is 0 Å². The Morgan fingerprint density at radius 3 is 2.37 bits per heavy atom. The largest absolute Gasteiger partial charge is 0.356 e. The van der Waals surface area contributed by atoms with Crippen molar-refractivity contribution in [2.45, 2.75) is 89.6 Å². The Bertz CT molecular complexity index is 926. The van der Waals surface area contributed by atoms with Crippen molar-refractivity contribution in [3.8, 4) is 0 Å². The van der Waals surface area contributed by atoms with E-state index >= 15 is 0 Å². The zero-order valence-corrected chi connectivity index (χ0v) is 21.1. The molecule has 0 unspecified atom stereocenters. The van der Waals surface area contributed by atoms with E-state index < -0.39 is 0 Å². The Labute approximate surface area is 209 Å². The van der Waals surface area contributed by atoms with Gasteiger partial charge in [-0.15, -0.1) is 0 Å². The maximum atomic E-state index is 13.8. The van der Waals surface area contributed by atoms with Crippen molar-refractivity contribution in [1.29, 1.82) is 0 Å². The predicted molar refractivity (Wildman–Crippen MR) is 135 cm³/mol. The molecule has 3 atom stereocenters. The highest BCUT2D eigenvalue weighted by Crippen LogP contribution is 2.39. The summed E-state index contributed by atoms with van der Waals surface area (Å²) >= 11 is 0. The summed E-state index contributed by atoms with van der Waals surface area (Å²) in [6, 6.07) is 8.22. The van der Waals surface area contributed by atoms with Crippen molar-refractivity contribution in [3.63, 3.8) is 0 Å². The van der Waals surface area contributed by atoms with Crippen LogP contribution in [0, 0.1) is 17.8 Å². The smallest absolute Gasteiger partial charge is 0.226 e. The van der Waals surface area contributed by atoms with E-state index in [-0.39, 0.29) is 41.5 Å². The fraction of sp³-hybridized carbons (Fsp3) is 0.690. The van der Waals surface area contributed by atoms with Crippen LogP contribution < -0.4 is 5.32 Å². The van der Waals surface area contributed by atoms with Crippen molar-refractivity contribution in [2.24, 2.45) is 17.8 Å². The van der Waals surface area contributed by atoms with Gasteiger partial charge in [0.2, 0.25) is 17.7 Å². The van der Waals surface area contributed by atoms with E-state index in [4.69, 9.17) is 0 Å². The number of carbonyl (C=O) groups excluding carboxylic acids is 3. The van der Waals surface area contributed by atoms with E-state index in [9.17, 15) is 14.4 Å². The van der Waals surface area contributed by atoms with Crippen molar-refractivity contribution < 1.29 is 14.4 Å². The Morgan fingerprint density at radius 1 is 0.800 bits per heavy atom. The van der Waals surface area contributed by atoms with E-state index in [1.165, 1.54) is 17.5 Å². The molecule has 3 amide bonds. The number of hydrogen-bond donors (Lipinski definition) is 1. The second-order valence-corrected chi connectivity index (χ2v) is 11.2. The predicted octanol–water partition coefficient (Wildman–Crippen LogP) is 4.07. The third-order valence-electron chi connectivity index (χ3n) is 8.92. The van der Waals surface area contributed by atoms with E-state index in [2.05, 4.69) is 28.4 Å². The van der Waals surface area contributed by atoms with Gasteiger partial charge in [-0.3, -0.25) is 14.4 Å². The van der Waals surface area contributed by atoms with E-state index in [0.29, 0.717) is 25.9 Å². The third-order valence-corrected chi connectivity index (χ3v) is 8.92. The molecule has 2 saturated carbocycles. The van der Waals surface area contributed by atoms with Gasteiger partial charge in [-0.2, -0.15) is 0 Å². The lowest BCUT2D eigenvalue weighted by molar-refractivity contribution is -0.142. The quantitative estimate of drug-likeness (QED) is 0.695. The standard InChI is InChI=1S/C29H41N3O3/c33-27-25-18-24(28(34)31-17-14-21-10-6-7-13-23(21)20-31)19-26(25)32(16-9-2-1-8-15-30-27)29(35)22-11-4-3-5-12-22/h6-7,10,13,22,24-26H,1-5,8-9,11-12,14-20H2,(H,30,33)/t24-,25-,26+/m1/s1. The number of benzene rings is 1. The summed E-state index contributed by atoms with van der Waals surface area (Å²) in [5.41, 5.74) is 2.56. The first-order chi connectivity index (χ1) is 17.1. The molecule has 1 saturated heterocycles. The Morgan fingerprint density at radius 2 is 1.54 bits per heavy atom. The molecule has 2 aliphatic carbocycles. The van der Waals surface area contributed by atoms with Crippen LogP contribution in [-0.2, 0) is 27.3 Å². The summed E-state index contributed by atoms with van der Waals surface area (Å²) in [5, 5.41) is 3.14. The van der Waals surface area contributed by atoms with Crippen LogP contribution in [0.15, 0.2) is 24.3 Å². The molecular formula is C29H41N3O3. The summed E-state index contributed by atoms with van der Waals surface area (Å²) in [4.78, 5) is 44.8. The number of rotatable bonds is 2. The SMILES string of the molecule is O=C1NCCCCCCN(C(=O)C2CCCCC2)[C@H]2C[C@H](C(=O)N3CCc4ccccc4C3)C[C@@H]12. The lowest BCUT2D eigenvalue weighted by Gasteiger charge is -2.36. The minimum Gasteiger partial charge on any atom is -0.356 e. The molecule has 3 fully saturated rings. The average molecular weight is 480 g/mol. The van der Waals surface area contributed by atoms with Gasteiger partial charge < -0.3 is 15.1 Å². The molecule has 6 nitrogen and oxygen atoms in total. The summed E-state index contributed by atoms with van der Waals surface area (Å²) in [6.45, 7) is 2.80. The van der Waals surface area contributed by atoms with Gasteiger partial charge in [0.1, 0.15) is 0 Å². The normalized spacial score (nSPS) is 28.5. The highest BCUT2D eigenvalue weighted by atomic mass is 16.2. The first-order valence-electron chi connectivity index (χ1n) is 14.1. The van der Waals surface area contributed by atoms with Crippen LogP contribution in [0.3, 0.4) is 0 Å². The fourth-order valence-corrected chi connectivity index (χ4v) is 6.91. The zero-order chi connectivity index (χ0) is 24.2. The summed E-state index contributed by atoms with van der Waals surface area (Å²) in [5.74, 6) is 0.0598. The topological polar surface area (TPSA) is 69.7 Å². The van der Waals surface area contributed by atoms with Gasteiger partial charge in [-0.1, -0.05) is 56.4 Å². The minimum atomic E-state index is -0.285. The second kappa shape index (κ2) is 11.1. The number of hydrogen-bond acceptors (Lipinski definition) is 3. The lowest BCUT2D eigenvalue weighted by atomic mass is 9.87. The Hall–Kier alpha value is -2.37.